The van der Waals surface area contributed by atoms with Crippen molar-refractivity contribution in [3.8, 4) is 5.75 Å². The zero-order chi connectivity index (χ0) is 23.2. The van der Waals surface area contributed by atoms with Gasteiger partial charge in [-0.05, 0) is 42.3 Å². The lowest BCUT2D eigenvalue weighted by molar-refractivity contribution is -0.137. The fourth-order valence-electron chi connectivity index (χ4n) is 2.65. The van der Waals surface area contributed by atoms with E-state index >= 15 is 0 Å². The molecule has 0 aromatic heterocycles. The molecule has 170 valence electrons. The van der Waals surface area contributed by atoms with Gasteiger partial charge in [0.25, 0.3) is 0 Å². The Morgan fingerprint density at radius 3 is 2.35 bits per heavy atom. The van der Waals surface area contributed by atoms with Gasteiger partial charge in [-0.15, -0.1) is 0 Å². The number of rotatable bonds is 9. The van der Waals surface area contributed by atoms with Crippen molar-refractivity contribution in [2.75, 3.05) is 30.3 Å². The normalized spacial score (nSPS) is 11.8. The number of halogens is 4. The molecule has 0 spiro atoms. The largest absolute Gasteiger partial charge is 0.492 e. The summed E-state index contributed by atoms with van der Waals surface area (Å²) >= 11 is 5.58. The molecule has 0 unspecified atom stereocenters. The Morgan fingerprint density at radius 1 is 1.16 bits per heavy atom. The van der Waals surface area contributed by atoms with Crippen LogP contribution in [0.4, 0.5) is 18.9 Å². The summed E-state index contributed by atoms with van der Waals surface area (Å²) < 4.78 is 69.5. The van der Waals surface area contributed by atoms with Crippen molar-refractivity contribution in [2.24, 2.45) is 0 Å². The van der Waals surface area contributed by atoms with Crippen LogP contribution >= 0.6 is 11.6 Å². The lowest BCUT2D eigenvalue weighted by Gasteiger charge is -2.23. The van der Waals surface area contributed by atoms with Crippen molar-refractivity contribution in [2.45, 2.75) is 19.5 Å². The van der Waals surface area contributed by atoms with E-state index in [0.717, 1.165) is 30.4 Å². The minimum Gasteiger partial charge on any atom is -0.492 e. The average Bonchev–Trinajstić information content (AvgIpc) is 2.69. The Kier molecular flexibility index (Phi) is 8.19. The standard InChI is InChI=1S/C20H22ClF3N2O4S/c1-3-14-4-7-16(8-5-14)30-11-10-25-19(27)13-26(31(2,28)29)15-6-9-18(21)17(12-15)20(22,23)24/h4-9,12H,3,10-11,13H2,1-2H3,(H,25,27). The summed E-state index contributed by atoms with van der Waals surface area (Å²) in [5.74, 6) is -0.0797. The van der Waals surface area contributed by atoms with E-state index in [1.54, 1.807) is 12.1 Å². The van der Waals surface area contributed by atoms with E-state index in [1.165, 1.54) is 0 Å². The molecule has 0 aliphatic carbocycles. The number of sulfonamides is 1. The van der Waals surface area contributed by atoms with E-state index in [9.17, 15) is 26.4 Å². The molecule has 0 radical (unpaired) electrons. The summed E-state index contributed by atoms with van der Waals surface area (Å²) in [6.45, 7) is 1.55. The Bertz CT molecular complexity index is 1010. The van der Waals surface area contributed by atoms with Crippen LogP contribution in [0.3, 0.4) is 0 Å². The second-order valence-electron chi connectivity index (χ2n) is 6.63. The van der Waals surface area contributed by atoms with Gasteiger partial charge in [-0.2, -0.15) is 13.2 Å². The number of carbonyl (C=O) groups excluding carboxylic acids is 1. The first kappa shape index (κ1) is 24.8. The molecule has 0 saturated carbocycles. The number of ether oxygens (including phenoxy) is 1. The molecule has 6 nitrogen and oxygen atoms in total. The smallest absolute Gasteiger partial charge is 0.417 e. The van der Waals surface area contributed by atoms with Gasteiger partial charge in [-0.1, -0.05) is 30.7 Å². The van der Waals surface area contributed by atoms with Crippen LogP contribution in [0.15, 0.2) is 42.5 Å². The molecule has 2 aromatic rings. The topological polar surface area (TPSA) is 75.7 Å². The van der Waals surface area contributed by atoms with Crippen molar-refractivity contribution in [1.82, 2.24) is 5.32 Å². The second kappa shape index (κ2) is 10.2. The number of alkyl halides is 3. The first-order chi connectivity index (χ1) is 14.4. The lowest BCUT2D eigenvalue weighted by atomic mass is 10.2. The summed E-state index contributed by atoms with van der Waals surface area (Å²) in [6, 6.07) is 10.1. The third kappa shape index (κ3) is 7.32. The molecule has 2 aromatic carbocycles. The van der Waals surface area contributed by atoms with Gasteiger partial charge in [0.15, 0.2) is 0 Å². The number of anilines is 1. The van der Waals surface area contributed by atoms with Crippen LogP contribution in [0.2, 0.25) is 5.02 Å². The van der Waals surface area contributed by atoms with E-state index < -0.39 is 39.2 Å². The maximum atomic E-state index is 13.1. The van der Waals surface area contributed by atoms with E-state index in [0.29, 0.717) is 16.1 Å². The number of benzene rings is 2. The summed E-state index contributed by atoms with van der Waals surface area (Å²) in [7, 11) is -4.04. The fourth-order valence-corrected chi connectivity index (χ4v) is 3.73. The van der Waals surface area contributed by atoms with Crippen molar-refractivity contribution < 1.29 is 31.1 Å². The van der Waals surface area contributed by atoms with Gasteiger partial charge in [0, 0.05) is 0 Å². The predicted octanol–water partition coefficient (Wildman–Crippen LogP) is 3.88. The van der Waals surface area contributed by atoms with Crippen LogP contribution in [0, 0.1) is 0 Å². The molecular weight excluding hydrogens is 457 g/mol. The number of aryl methyl sites for hydroxylation is 1. The van der Waals surface area contributed by atoms with Gasteiger partial charge in [0.05, 0.1) is 29.1 Å². The first-order valence-corrected chi connectivity index (χ1v) is 11.5. The highest BCUT2D eigenvalue weighted by Gasteiger charge is 2.34. The van der Waals surface area contributed by atoms with Crippen molar-refractivity contribution >= 4 is 33.2 Å². The van der Waals surface area contributed by atoms with E-state index in [1.807, 2.05) is 19.1 Å². The highest BCUT2D eigenvalue weighted by Crippen LogP contribution is 2.37. The number of nitrogens with one attached hydrogen (secondary N) is 1. The second-order valence-corrected chi connectivity index (χ2v) is 8.94. The van der Waals surface area contributed by atoms with Crippen molar-refractivity contribution in [1.29, 1.82) is 0 Å². The predicted molar refractivity (Wildman–Crippen MR) is 113 cm³/mol. The van der Waals surface area contributed by atoms with Gasteiger partial charge in [0.1, 0.15) is 18.9 Å². The Morgan fingerprint density at radius 2 is 1.81 bits per heavy atom. The summed E-state index contributed by atoms with van der Waals surface area (Å²) in [4.78, 5) is 12.2. The van der Waals surface area contributed by atoms with Crippen LogP contribution in [-0.2, 0) is 27.4 Å². The van der Waals surface area contributed by atoms with Crippen LogP contribution in [0.5, 0.6) is 5.75 Å². The molecule has 0 fully saturated rings. The van der Waals surface area contributed by atoms with Crippen molar-refractivity contribution in [3.05, 3.63) is 58.6 Å². The zero-order valence-electron chi connectivity index (χ0n) is 16.9. The molecule has 0 heterocycles. The molecule has 1 N–H and O–H groups in total. The number of nitrogens with zero attached hydrogens (tertiary/aromatic N) is 1. The van der Waals surface area contributed by atoms with Crippen LogP contribution < -0.4 is 14.4 Å². The maximum Gasteiger partial charge on any atom is 0.417 e. The van der Waals surface area contributed by atoms with Gasteiger partial charge in [-0.25, -0.2) is 8.42 Å². The van der Waals surface area contributed by atoms with Crippen LogP contribution in [-0.4, -0.2) is 40.3 Å². The Labute approximate surface area is 184 Å². The molecule has 1 amide bonds. The Hall–Kier alpha value is -2.46. The maximum absolute atomic E-state index is 13.1. The highest BCUT2D eigenvalue weighted by molar-refractivity contribution is 7.92. The van der Waals surface area contributed by atoms with E-state index in [-0.39, 0.29) is 18.8 Å². The zero-order valence-corrected chi connectivity index (χ0v) is 18.4. The van der Waals surface area contributed by atoms with Gasteiger partial charge < -0.3 is 10.1 Å². The number of hydrogen-bond acceptors (Lipinski definition) is 4. The number of amides is 1. The van der Waals surface area contributed by atoms with Crippen LogP contribution in [0.25, 0.3) is 0 Å². The highest BCUT2D eigenvalue weighted by atomic mass is 35.5. The minimum absolute atomic E-state index is 0.0837. The lowest BCUT2D eigenvalue weighted by Crippen LogP contribution is -2.41. The molecule has 0 atom stereocenters. The molecular formula is C20H22ClF3N2O4S. The molecule has 31 heavy (non-hydrogen) atoms. The van der Waals surface area contributed by atoms with Gasteiger partial charge in [0.2, 0.25) is 15.9 Å². The quantitative estimate of drug-likeness (QED) is 0.555. The average molecular weight is 479 g/mol. The van der Waals surface area contributed by atoms with Crippen LogP contribution in [0.1, 0.15) is 18.1 Å². The van der Waals surface area contributed by atoms with E-state index in [2.05, 4.69) is 5.32 Å². The summed E-state index contributed by atoms with van der Waals surface area (Å²) in [5, 5.41) is 1.91. The minimum atomic E-state index is -4.77. The molecule has 0 aliphatic heterocycles. The van der Waals surface area contributed by atoms with Crippen molar-refractivity contribution in [3.63, 3.8) is 0 Å². The third-order valence-electron chi connectivity index (χ3n) is 4.26. The van der Waals surface area contributed by atoms with Gasteiger partial charge >= 0.3 is 6.18 Å². The van der Waals surface area contributed by atoms with Gasteiger partial charge in [-0.3, -0.25) is 9.10 Å². The first-order valence-electron chi connectivity index (χ1n) is 9.24. The number of hydrogen-bond donors (Lipinski definition) is 1. The number of carbonyl (C=O) groups is 1. The Balaban J connectivity index is 2.00. The molecule has 2 rings (SSSR count). The molecule has 0 bridgehead atoms. The fraction of sp³-hybridized carbons (Fsp3) is 0.350. The monoisotopic (exact) mass is 478 g/mol. The molecule has 11 heteroatoms. The molecule has 0 aliphatic rings. The summed E-state index contributed by atoms with van der Waals surface area (Å²) in [5.41, 5.74) is -0.359. The third-order valence-corrected chi connectivity index (χ3v) is 5.73. The SMILES string of the molecule is CCc1ccc(OCCNC(=O)CN(c2ccc(Cl)c(C(F)(F)F)c2)S(C)(=O)=O)cc1. The van der Waals surface area contributed by atoms with E-state index in [4.69, 9.17) is 16.3 Å². The summed E-state index contributed by atoms with van der Waals surface area (Å²) in [6.07, 6.45) is -3.08. The molecule has 0 saturated heterocycles.